The Hall–Kier alpha value is -2.67. The SMILES string of the molecule is C=CC[C@H]1O[C@@H](CCCOCc2ccccc2)C[C@@H](OCc2ccc(OC)cc2)[C@]1(C)OC(C)=O. The van der Waals surface area contributed by atoms with Crippen molar-refractivity contribution in [2.75, 3.05) is 13.7 Å². The number of ether oxygens (including phenoxy) is 5. The first-order valence-corrected chi connectivity index (χ1v) is 12.3. The summed E-state index contributed by atoms with van der Waals surface area (Å²) < 4.78 is 29.7. The molecule has 35 heavy (non-hydrogen) atoms. The van der Waals surface area contributed by atoms with Crippen molar-refractivity contribution in [1.29, 1.82) is 0 Å². The summed E-state index contributed by atoms with van der Waals surface area (Å²) in [5, 5.41) is 0. The first-order valence-electron chi connectivity index (χ1n) is 12.3. The van der Waals surface area contributed by atoms with E-state index >= 15 is 0 Å². The van der Waals surface area contributed by atoms with E-state index in [1.165, 1.54) is 6.92 Å². The average Bonchev–Trinajstić information content (AvgIpc) is 2.85. The van der Waals surface area contributed by atoms with Crippen molar-refractivity contribution in [3.05, 3.63) is 78.4 Å². The minimum atomic E-state index is -0.910. The largest absolute Gasteiger partial charge is 0.497 e. The zero-order valence-electron chi connectivity index (χ0n) is 21.1. The van der Waals surface area contributed by atoms with Gasteiger partial charge in [-0.2, -0.15) is 0 Å². The van der Waals surface area contributed by atoms with E-state index in [1.54, 1.807) is 13.2 Å². The minimum absolute atomic E-state index is 0.0234. The third-order valence-electron chi connectivity index (χ3n) is 6.39. The topological polar surface area (TPSA) is 63.2 Å². The molecule has 0 saturated carbocycles. The molecule has 1 heterocycles. The Morgan fingerprint density at radius 1 is 1.11 bits per heavy atom. The van der Waals surface area contributed by atoms with Crippen LogP contribution < -0.4 is 4.74 Å². The molecule has 2 aromatic carbocycles. The molecule has 1 saturated heterocycles. The highest BCUT2D eigenvalue weighted by Crippen LogP contribution is 2.38. The van der Waals surface area contributed by atoms with Gasteiger partial charge in [-0.3, -0.25) is 4.79 Å². The molecule has 0 bridgehead atoms. The lowest BCUT2D eigenvalue weighted by Crippen LogP contribution is -2.60. The van der Waals surface area contributed by atoms with Gasteiger partial charge in [0.15, 0.2) is 5.60 Å². The van der Waals surface area contributed by atoms with Crippen molar-refractivity contribution < 1.29 is 28.5 Å². The van der Waals surface area contributed by atoms with Crippen LogP contribution in [0.15, 0.2) is 67.3 Å². The van der Waals surface area contributed by atoms with E-state index in [0.717, 1.165) is 29.7 Å². The van der Waals surface area contributed by atoms with Crippen LogP contribution in [0.4, 0.5) is 0 Å². The molecular weight excluding hydrogens is 444 g/mol. The standard InChI is InChI=1S/C29H38O6/c1-5-10-27-29(3,35-22(2)30)28(33-21-24-14-16-25(31-4)17-15-24)19-26(34-27)13-9-18-32-20-23-11-7-6-8-12-23/h5-8,11-12,14-17,26-28H,1,9-10,13,18-21H2,2-4H3/t26-,27+,28+,29+/m0/s1. The highest BCUT2D eigenvalue weighted by molar-refractivity contribution is 5.66. The summed E-state index contributed by atoms with van der Waals surface area (Å²) in [6, 6.07) is 17.9. The second-order valence-electron chi connectivity index (χ2n) is 9.11. The van der Waals surface area contributed by atoms with Crippen molar-refractivity contribution in [3.63, 3.8) is 0 Å². The van der Waals surface area contributed by atoms with E-state index in [4.69, 9.17) is 23.7 Å². The molecule has 0 amide bonds. The second kappa shape index (κ2) is 13.4. The monoisotopic (exact) mass is 482 g/mol. The minimum Gasteiger partial charge on any atom is -0.497 e. The quantitative estimate of drug-likeness (QED) is 0.209. The van der Waals surface area contributed by atoms with Gasteiger partial charge < -0.3 is 23.7 Å². The molecule has 0 spiro atoms. The number of hydrogen-bond donors (Lipinski definition) is 0. The molecule has 3 rings (SSSR count). The lowest BCUT2D eigenvalue weighted by Gasteiger charge is -2.48. The van der Waals surface area contributed by atoms with E-state index in [2.05, 4.69) is 18.7 Å². The van der Waals surface area contributed by atoms with Crippen LogP contribution in [0.1, 0.15) is 50.7 Å². The number of benzene rings is 2. The number of rotatable bonds is 13. The van der Waals surface area contributed by atoms with E-state index in [1.807, 2.05) is 49.4 Å². The first-order chi connectivity index (χ1) is 16.9. The van der Waals surface area contributed by atoms with Crippen molar-refractivity contribution in [1.82, 2.24) is 0 Å². The Labute approximate surface area is 209 Å². The number of hydrogen-bond acceptors (Lipinski definition) is 6. The Balaban J connectivity index is 1.62. The molecule has 1 aliphatic rings. The van der Waals surface area contributed by atoms with Gasteiger partial charge in [-0.1, -0.05) is 48.5 Å². The van der Waals surface area contributed by atoms with Crippen LogP contribution in [0.3, 0.4) is 0 Å². The van der Waals surface area contributed by atoms with Crippen LogP contribution in [0.2, 0.25) is 0 Å². The number of carbonyl (C=O) groups is 1. The van der Waals surface area contributed by atoms with Crippen LogP contribution in [-0.4, -0.2) is 43.6 Å². The van der Waals surface area contributed by atoms with Gasteiger partial charge in [0.05, 0.1) is 26.4 Å². The zero-order valence-corrected chi connectivity index (χ0v) is 21.1. The summed E-state index contributed by atoms with van der Waals surface area (Å²) in [6.45, 7) is 8.86. The van der Waals surface area contributed by atoms with Gasteiger partial charge in [-0.05, 0) is 49.4 Å². The number of methoxy groups -OCH3 is 1. The summed E-state index contributed by atoms with van der Waals surface area (Å²) in [4.78, 5) is 12.0. The molecule has 1 fully saturated rings. The molecule has 4 atom stereocenters. The van der Waals surface area contributed by atoms with Crippen LogP contribution in [0.25, 0.3) is 0 Å². The zero-order chi connectivity index (χ0) is 25.1. The lowest BCUT2D eigenvalue weighted by molar-refractivity contribution is -0.248. The van der Waals surface area contributed by atoms with Crippen molar-refractivity contribution >= 4 is 5.97 Å². The Kier molecular flexibility index (Phi) is 10.3. The summed E-state index contributed by atoms with van der Waals surface area (Å²) in [5.41, 5.74) is 1.28. The molecule has 6 nitrogen and oxygen atoms in total. The highest BCUT2D eigenvalue weighted by Gasteiger charge is 2.51. The molecule has 0 radical (unpaired) electrons. The molecule has 0 unspecified atom stereocenters. The van der Waals surface area contributed by atoms with Crippen LogP contribution in [0, 0.1) is 0 Å². The molecule has 0 aromatic heterocycles. The maximum atomic E-state index is 12.0. The molecule has 0 aliphatic carbocycles. The smallest absolute Gasteiger partial charge is 0.303 e. The molecule has 1 aliphatic heterocycles. The second-order valence-corrected chi connectivity index (χ2v) is 9.11. The van der Waals surface area contributed by atoms with Gasteiger partial charge in [-0.15, -0.1) is 6.58 Å². The normalized spacial score (nSPS) is 24.0. The van der Waals surface area contributed by atoms with Crippen LogP contribution in [0.5, 0.6) is 5.75 Å². The van der Waals surface area contributed by atoms with E-state index < -0.39 is 5.60 Å². The Morgan fingerprint density at radius 3 is 2.49 bits per heavy atom. The van der Waals surface area contributed by atoms with Gasteiger partial charge in [0.1, 0.15) is 18.0 Å². The predicted octanol–water partition coefficient (Wildman–Crippen LogP) is 5.63. The summed E-state index contributed by atoms with van der Waals surface area (Å²) in [6.07, 6.45) is 4.02. The lowest BCUT2D eigenvalue weighted by atomic mass is 9.82. The predicted molar refractivity (Wildman–Crippen MR) is 135 cm³/mol. The van der Waals surface area contributed by atoms with Crippen LogP contribution >= 0.6 is 0 Å². The Bertz CT molecular complexity index is 913. The fourth-order valence-electron chi connectivity index (χ4n) is 4.50. The van der Waals surface area contributed by atoms with Gasteiger partial charge >= 0.3 is 5.97 Å². The fraction of sp³-hybridized carbons (Fsp3) is 0.483. The summed E-state index contributed by atoms with van der Waals surface area (Å²) >= 11 is 0. The Morgan fingerprint density at radius 2 is 1.83 bits per heavy atom. The molecule has 2 aromatic rings. The van der Waals surface area contributed by atoms with E-state index in [-0.39, 0.29) is 24.3 Å². The molecule has 190 valence electrons. The van der Waals surface area contributed by atoms with E-state index in [9.17, 15) is 4.79 Å². The van der Waals surface area contributed by atoms with Crippen LogP contribution in [-0.2, 0) is 37.0 Å². The summed E-state index contributed by atoms with van der Waals surface area (Å²) in [5.74, 6) is 0.445. The highest BCUT2D eigenvalue weighted by atomic mass is 16.6. The number of esters is 1. The van der Waals surface area contributed by atoms with Crippen molar-refractivity contribution in [2.45, 2.75) is 76.7 Å². The van der Waals surface area contributed by atoms with Gasteiger partial charge in [0.2, 0.25) is 0 Å². The van der Waals surface area contributed by atoms with Gasteiger partial charge in [-0.25, -0.2) is 0 Å². The molecular formula is C29H38O6. The number of carbonyl (C=O) groups excluding carboxylic acids is 1. The molecule has 6 heteroatoms. The average molecular weight is 483 g/mol. The van der Waals surface area contributed by atoms with Crippen molar-refractivity contribution in [3.8, 4) is 5.75 Å². The third-order valence-corrected chi connectivity index (χ3v) is 6.39. The van der Waals surface area contributed by atoms with E-state index in [0.29, 0.717) is 32.7 Å². The maximum absolute atomic E-state index is 12.0. The van der Waals surface area contributed by atoms with Gasteiger partial charge in [0.25, 0.3) is 0 Å². The van der Waals surface area contributed by atoms with Gasteiger partial charge in [0, 0.05) is 20.0 Å². The fourth-order valence-corrected chi connectivity index (χ4v) is 4.50. The van der Waals surface area contributed by atoms with Crippen molar-refractivity contribution in [2.24, 2.45) is 0 Å². The third kappa shape index (κ3) is 7.92. The maximum Gasteiger partial charge on any atom is 0.303 e. The first kappa shape index (κ1) is 26.9. The summed E-state index contributed by atoms with van der Waals surface area (Å²) in [7, 11) is 1.64. The molecule has 0 N–H and O–H groups in total.